The van der Waals surface area contributed by atoms with Crippen LogP contribution in [0.15, 0.2) is 30.9 Å². The molecule has 84 valence electrons. The third kappa shape index (κ3) is 2.12. The van der Waals surface area contributed by atoms with Crippen LogP contribution in [0.4, 0.5) is 0 Å². The van der Waals surface area contributed by atoms with Gasteiger partial charge < -0.3 is 10.3 Å². The summed E-state index contributed by atoms with van der Waals surface area (Å²) in [6.45, 7) is 2.66. The van der Waals surface area contributed by atoms with Gasteiger partial charge in [0.15, 0.2) is 0 Å². The second-order valence-electron chi connectivity index (χ2n) is 3.72. The fraction of sp³-hybridized carbons (Fsp3) is 0.333. The van der Waals surface area contributed by atoms with Crippen LogP contribution in [0.3, 0.4) is 0 Å². The zero-order valence-electron chi connectivity index (χ0n) is 9.43. The van der Waals surface area contributed by atoms with Crippen LogP contribution in [0, 0.1) is 0 Å². The zero-order valence-corrected chi connectivity index (χ0v) is 9.43. The zero-order chi connectivity index (χ0) is 11.4. The highest BCUT2D eigenvalue weighted by Gasteiger charge is 2.04. The van der Waals surface area contributed by atoms with Crippen molar-refractivity contribution in [3.8, 4) is 5.69 Å². The Morgan fingerprint density at radius 3 is 3.00 bits per heavy atom. The molecule has 0 fully saturated rings. The fourth-order valence-electron chi connectivity index (χ4n) is 1.70. The Morgan fingerprint density at radius 1 is 1.38 bits per heavy atom. The van der Waals surface area contributed by atoms with Crippen LogP contribution in [-0.4, -0.2) is 14.5 Å². The number of hydrogen-bond acceptors (Lipinski definition) is 3. The van der Waals surface area contributed by atoms with Gasteiger partial charge in [0, 0.05) is 31.6 Å². The second kappa shape index (κ2) is 4.90. The number of hydrogen-bond donors (Lipinski definition) is 1. The van der Waals surface area contributed by atoms with E-state index in [0.717, 1.165) is 29.9 Å². The van der Waals surface area contributed by atoms with Crippen molar-refractivity contribution in [2.45, 2.75) is 26.3 Å². The molecule has 0 aliphatic rings. The van der Waals surface area contributed by atoms with Gasteiger partial charge >= 0.3 is 0 Å². The van der Waals surface area contributed by atoms with Gasteiger partial charge in [0.1, 0.15) is 5.82 Å². The molecule has 0 bridgehead atoms. The maximum absolute atomic E-state index is 5.60. The highest BCUT2D eigenvalue weighted by molar-refractivity contribution is 5.33. The van der Waals surface area contributed by atoms with Crippen molar-refractivity contribution in [2.24, 2.45) is 5.73 Å². The molecule has 0 radical (unpaired) electrons. The molecule has 0 aliphatic carbocycles. The lowest BCUT2D eigenvalue weighted by molar-refractivity contribution is 0.806. The molecular weight excluding hydrogens is 200 g/mol. The summed E-state index contributed by atoms with van der Waals surface area (Å²) >= 11 is 0. The van der Waals surface area contributed by atoms with E-state index in [1.807, 2.05) is 24.7 Å². The van der Waals surface area contributed by atoms with Crippen LogP contribution in [-0.2, 0) is 13.0 Å². The van der Waals surface area contributed by atoms with Crippen LogP contribution in [0.2, 0.25) is 0 Å². The summed E-state index contributed by atoms with van der Waals surface area (Å²) in [7, 11) is 0. The Labute approximate surface area is 95.1 Å². The van der Waals surface area contributed by atoms with E-state index in [-0.39, 0.29) is 0 Å². The van der Waals surface area contributed by atoms with Gasteiger partial charge in [0.25, 0.3) is 0 Å². The molecule has 0 unspecified atom stereocenters. The molecule has 2 rings (SSSR count). The largest absolute Gasteiger partial charge is 0.326 e. The van der Waals surface area contributed by atoms with Crippen molar-refractivity contribution in [2.75, 3.05) is 0 Å². The highest BCUT2D eigenvalue weighted by Crippen LogP contribution is 2.12. The topological polar surface area (TPSA) is 56.7 Å². The predicted molar refractivity (Wildman–Crippen MR) is 63.2 cm³/mol. The van der Waals surface area contributed by atoms with Gasteiger partial charge in [-0.15, -0.1) is 0 Å². The Balaban J connectivity index is 2.37. The SMILES string of the molecule is CCCc1nccn1-c1cncc(CN)c1. The Hall–Kier alpha value is -1.68. The lowest BCUT2D eigenvalue weighted by atomic mass is 10.2. The first-order chi connectivity index (χ1) is 7.85. The summed E-state index contributed by atoms with van der Waals surface area (Å²) in [5, 5.41) is 0. The van der Waals surface area contributed by atoms with Gasteiger partial charge in [-0.05, 0) is 18.1 Å². The number of aromatic nitrogens is 3. The van der Waals surface area contributed by atoms with Crippen LogP contribution in [0.1, 0.15) is 24.7 Å². The van der Waals surface area contributed by atoms with Gasteiger partial charge in [-0.1, -0.05) is 6.92 Å². The smallest absolute Gasteiger partial charge is 0.113 e. The molecule has 0 spiro atoms. The van der Waals surface area contributed by atoms with Crippen LogP contribution >= 0.6 is 0 Å². The Morgan fingerprint density at radius 2 is 2.25 bits per heavy atom. The van der Waals surface area contributed by atoms with Gasteiger partial charge in [0.05, 0.1) is 11.9 Å². The molecule has 4 heteroatoms. The minimum atomic E-state index is 0.513. The van der Waals surface area contributed by atoms with Crippen molar-refractivity contribution < 1.29 is 0 Å². The highest BCUT2D eigenvalue weighted by atomic mass is 15.1. The third-order valence-corrected chi connectivity index (χ3v) is 2.49. The summed E-state index contributed by atoms with van der Waals surface area (Å²) in [6, 6.07) is 2.05. The molecule has 2 aromatic heterocycles. The molecule has 2 N–H and O–H groups in total. The molecule has 0 aliphatic heterocycles. The molecular formula is C12H16N4. The van der Waals surface area contributed by atoms with Gasteiger partial charge in [0.2, 0.25) is 0 Å². The lowest BCUT2D eigenvalue weighted by Gasteiger charge is -2.07. The Kier molecular flexibility index (Phi) is 3.31. The molecule has 0 amide bonds. The molecule has 0 atom stereocenters. The van der Waals surface area contributed by atoms with E-state index in [4.69, 9.17) is 5.73 Å². The average molecular weight is 216 g/mol. The van der Waals surface area contributed by atoms with E-state index >= 15 is 0 Å². The number of imidazole rings is 1. The number of aryl methyl sites for hydroxylation is 1. The summed E-state index contributed by atoms with van der Waals surface area (Å²) < 4.78 is 2.07. The molecule has 0 aromatic carbocycles. The van der Waals surface area contributed by atoms with E-state index in [1.165, 1.54) is 0 Å². The maximum atomic E-state index is 5.60. The summed E-state index contributed by atoms with van der Waals surface area (Å²) in [5.74, 6) is 1.07. The summed E-state index contributed by atoms with van der Waals surface area (Å²) in [6.07, 6.45) is 9.46. The predicted octanol–water partition coefficient (Wildman–Crippen LogP) is 1.68. The number of pyridine rings is 1. The van der Waals surface area contributed by atoms with Gasteiger partial charge in [-0.2, -0.15) is 0 Å². The molecule has 16 heavy (non-hydrogen) atoms. The summed E-state index contributed by atoms with van der Waals surface area (Å²) in [4.78, 5) is 8.53. The molecule has 4 nitrogen and oxygen atoms in total. The van der Waals surface area contributed by atoms with Crippen LogP contribution < -0.4 is 5.73 Å². The van der Waals surface area contributed by atoms with Crippen LogP contribution in [0.25, 0.3) is 5.69 Å². The fourth-order valence-corrected chi connectivity index (χ4v) is 1.70. The molecule has 0 saturated heterocycles. The first kappa shape index (κ1) is 10.8. The molecule has 2 heterocycles. The lowest BCUT2D eigenvalue weighted by Crippen LogP contribution is -2.03. The minimum absolute atomic E-state index is 0.513. The first-order valence-corrected chi connectivity index (χ1v) is 5.51. The van der Waals surface area contributed by atoms with Crippen molar-refractivity contribution in [1.82, 2.24) is 14.5 Å². The monoisotopic (exact) mass is 216 g/mol. The van der Waals surface area contributed by atoms with Crippen LogP contribution in [0.5, 0.6) is 0 Å². The van der Waals surface area contributed by atoms with E-state index in [2.05, 4.69) is 21.5 Å². The first-order valence-electron chi connectivity index (χ1n) is 5.51. The molecule has 2 aromatic rings. The maximum Gasteiger partial charge on any atom is 0.113 e. The van der Waals surface area contributed by atoms with E-state index in [9.17, 15) is 0 Å². The molecule has 0 saturated carbocycles. The van der Waals surface area contributed by atoms with Gasteiger partial charge in [-0.25, -0.2) is 4.98 Å². The van der Waals surface area contributed by atoms with E-state index < -0.39 is 0 Å². The average Bonchev–Trinajstić information content (AvgIpc) is 2.78. The van der Waals surface area contributed by atoms with Crippen molar-refractivity contribution >= 4 is 0 Å². The van der Waals surface area contributed by atoms with Gasteiger partial charge in [-0.3, -0.25) is 4.98 Å². The van der Waals surface area contributed by atoms with Crippen molar-refractivity contribution in [3.63, 3.8) is 0 Å². The third-order valence-electron chi connectivity index (χ3n) is 2.49. The number of nitrogens with zero attached hydrogens (tertiary/aromatic N) is 3. The minimum Gasteiger partial charge on any atom is -0.326 e. The Bertz CT molecular complexity index is 462. The van der Waals surface area contributed by atoms with E-state index in [0.29, 0.717) is 6.54 Å². The van der Waals surface area contributed by atoms with Crippen molar-refractivity contribution in [1.29, 1.82) is 0 Å². The van der Waals surface area contributed by atoms with Crippen molar-refractivity contribution in [3.05, 3.63) is 42.2 Å². The normalized spacial score (nSPS) is 10.6. The summed E-state index contributed by atoms with van der Waals surface area (Å²) in [5.41, 5.74) is 7.67. The standard InChI is InChI=1S/C12H16N4/c1-2-3-12-15-4-5-16(12)11-6-10(7-13)8-14-9-11/h4-6,8-9H,2-3,7,13H2,1H3. The van der Waals surface area contributed by atoms with E-state index in [1.54, 1.807) is 6.20 Å². The second-order valence-corrected chi connectivity index (χ2v) is 3.72. The number of rotatable bonds is 4. The quantitative estimate of drug-likeness (QED) is 0.846. The number of nitrogens with two attached hydrogens (primary N) is 1.